The zero-order valence-electron chi connectivity index (χ0n) is 11.4. The van der Waals surface area contributed by atoms with Gasteiger partial charge in [0.1, 0.15) is 11.5 Å². The number of benzene rings is 2. The van der Waals surface area contributed by atoms with Crippen LogP contribution in [0.15, 0.2) is 60.8 Å². The number of pyridine rings is 1. The Morgan fingerprint density at radius 2 is 1.76 bits per heavy atom. The molecule has 0 atom stereocenters. The van der Waals surface area contributed by atoms with Crippen LogP contribution in [0, 0.1) is 0 Å². The number of hydrogen-bond donors (Lipinski definition) is 0. The lowest BCUT2D eigenvalue weighted by Gasteiger charge is -2.06. The molecule has 0 unspecified atom stereocenters. The molecular weight excluding hydrogens is 266 g/mol. The Bertz CT molecular complexity index is 781. The summed E-state index contributed by atoms with van der Waals surface area (Å²) in [7, 11) is 1.59. The van der Waals surface area contributed by atoms with Crippen LogP contribution in [0.1, 0.15) is 10.4 Å². The number of carbonyl (C=O) groups is 1. The maximum atomic E-state index is 12.1. The normalized spacial score (nSPS) is 10.3. The number of nitrogens with zero attached hydrogens (tertiary/aromatic N) is 1. The van der Waals surface area contributed by atoms with E-state index in [1.54, 1.807) is 55.8 Å². The van der Waals surface area contributed by atoms with Gasteiger partial charge in [0.25, 0.3) is 0 Å². The van der Waals surface area contributed by atoms with Crippen LogP contribution in [-0.4, -0.2) is 18.1 Å². The first-order chi connectivity index (χ1) is 10.3. The first-order valence-corrected chi connectivity index (χ1v) is 6.47. The topological polar surface area (TPSA) is 48.4 Å². The van der Waals surface area contributed by atoms with E-state index >= 15 is 0 Å². The largest absolute Gasteiger partial charge is 0.497 e. The first kappa shape index (κ1) is 13.1. The van der Waals surface area contributed by atoms with Gasteiger partial charge in [0.05, 0.1) is 18.2 Å². The minimum Gasteiger partial charge on any atom is -0.497 e. The van der Waals surface area contributed by atoms with Gasteiger partial charge in [0.2, 0.25) is 0 Å². The van der Waals surface area contributed by atoms with E-state index in [1.165, 1.54) is 0 Å². The molecule has 3 rings (SSSR count). The molecule has 1 aromatic heterocycles. The molecule has 0 aliphatic rings. The van der Waals surface area contributed by atoms with Crippen molar-refractivity contribution in [1.29, 1.82) is 0 Å². The summed E-state index contributed by atoms with van der Waals surface area (Å²) < 4.78 is 10.4. The third-order valence-corrected chi connectivity index (χ3v) is 3.11. The van der Waals surface area contributed by atoms with Crippen LogP contribution in [-0.2, 0) is 0 Å². The van der Waals surface area contributed by atoms with Crippen molar-refractivity contribution in [1.82, 2.24) is 4.98 Å². The quantitative estimate of drug-likeness (QED) is 0.544. The first-order valence-electron chi connectivity index (χ1n) is 6.47. The number of rotatable bonds is 3. The average molecular weight is 279 g/mol. The van der Waals surface area contributed by atoms with Crippen molar-refractivity contribution in [2.24, 2.45) is 0 Å². The third kappa shape index (κ3) is 2.84. The summed E-state index contributed by atoms with van der Waals surface area (Å²) >= 11 is 0. The molecule has 0 saturated carbocycles. The molecule has 4 nitrogen and oxygen atoms in total. The summed E-state index contributed by atoms with van der Waals surface area (Å²) in [4.78, 5) is 16.4. The van der Waals surface area contributed by atoms with Gasteiger partial charge in [0, 0.05) is 11.6 Å². The highest BCUT2D eigenvalue weighted by Crippen LogP contribution is 2.19. The zero-order valence-corrected chi connectivity index (χ0v) is 11.4. The molecule has 0 saturated heterocycles. The molecule has 0 N–H and O–H groups in total. The highest BCUT2D eigenvalue weighted by atomic mass is 16.5. The van der Waals surface area contributed by atoms with E-state index in [1.807, 2.05) is 12.1 Å². The predicted octanol–water partition coefficient (Wildman–Crippen LogP) is 3.46. The van der Waals surface area contributed by atoms with Gasteiger partial charge in [-0.2, -0.15) is 0 Å². The Morgan fingerprint density at radius 3 is 2.52 bits per heavy atom. The summed E-state index contributed by atoms with van der Waals surface area (Å²) in [6.45, 7) is 0. The van der Waals surface area contributed by atoms with Crippen molar-refractivity contribution in [2.75, 3.05) is 7.11 Å². The Kier molecular flexibility index (Phi) is 3.51. The fourth-order valence-corrected chi connectivity index (χ4v) is 2.01. The van der Waals surface area contributed by atoms with Crippen molar-refractivity contribution >= 4 is 16.9 Å². The van der Waals surface area contributed by atoms with Crippen molar-refractivity contribution in [2.45, 2.75) is 0 Å². The lowest BCUT2D eigenvalue weighted by Crippen LogP contribution is -2.08. The van der Waals surface area contributed by atoms with Gasteiger partial charge < -0.3 is 9.47 Å². The smallest absolute Gasteiger partial charge is 0.343 e. The maximum Gasteiger partial charge on any atom is 0.343 e. The van der Waals surface area contributed by atoms with Gasteiger partial charge >= 0.3 is 5.97 Å². The van der Waals surface area contributed by atoms with Crippen LogP contribution in [0.3, 0.4) is 0 Å². The van der Waals surface area contributed by atoms with Gasteiger partial charge in [-0.05, 0) is 48.5 Å². The van der Waals surface area contributed by atoms with Crippen LogP contribution in [0.25, 0.3) is 10.9 Å². The summed E-state index contributed by atoms with van der Waals surface area (Å²) in [5.74, 6) is 0.796. The standard InChI is InChI=1S/C17H13NO3/c1-20-14-5-7-15(8-6-14)21-17(19)13-4-9-16-12(11-13)3-2-10-18-16/h2-11H,1H3. The van der Waals surface area contributed by atoms with E-state index in [-0.39, 0.29) is 0 Å². The van der Waals surface area contributed by atoms with Crippen molar-refractivity contribution in [3.8, 4) is 11.5 Å². The molecule has 0 radical (unpaired) electrons. The lowest BCUT2D eigenvalue weighted by atomic mass is 10.1. The summed E-state index contributed by atoms with van der Waals surface area (Å²) in [5.41, 5.74) is 1.34. The van der Waals surface area contributed by atoms with Crippen LogP contribution >= 0.6 is 0 Å². The van der Waals surface area contributed by atoms with Gasteiger partial charge in [0.15, 0.2) is 0 Å². The van der Waals surface area contributed by atoms with E-state index < -0.39 is 5.97 Å². The molecule has 0 aliphatic heterocycles. The fourth-order valence-electron chi connectivity index (χ4n) is 2.01. The monoisotopic (exact) mass is 279 g/mol. The fraction of sp³-hybridized carbons (Fsp3) is 0.0588. The van der Waals surface area contributed by atoms with E-state index in [2.05, 4.69) is 4.98 Å². The Morgan fingerprint density at radius 1 is 1.00 bits per heavy atom. The van der Waals surface area contributed by atoms with Crippen LogP contribution < -0.4 is 9.47 Å². The Hall–Kier alpha value is -2.88. The zero-order chi connectivity index (χ0) is 14.7. The molecule has 3 aromatic rings. The number of esters is 1. The van der Waals surface area contributed by atoms with E-state index in [4.69, 9.17) is 9.47 Å². The van der Waals surface area contributed by atoms with Crippen molar-refractivity contribution in [3.63, 3.8) is 0 Å². The molecule has 1 heterocycles. The molecular formula is C17H13NO3. The van der Waals surface area contributed by atoms with Gasteiger partial charge in [-0.3, -0.25) is 4.98 Å². The van der Waals surface area contributed by atoms with Gasteiger partial charge in [-0.1, -0.05) is 6.07 Å². The van der Waals surface area contributed by atoms with Crippen LogP contribution in [0.2, 0.25) is 0 Å². The Labute approximate surface area is 122 Å². The molecule has 0 aliphatic carbocycles. The van der Waals surface area contributed by atoms with E-state index in [0.29, 0.717) is 17.1 Å². The van der Waals surface area contributed by atoms with Crippen molar-refractivity contribution in [3.05, 3.63) is 66.4 Å². The van der Waals surface area contributed by atoms with E-state index in [9.17, 15) is 4.79 Å². The molecule has 0 spiro atoms. The van der Waals surface area contributed by atoms with Crippen LogP contribution in [0.5, 0.6) is 11.5 Å². The third-order valence-electron chi connectivity index (χ3n) is 3.11. The molecule has 0 bridgehead atoms. The summed E-state index contributed by atoms with van der Waals surface area (Å²) in [6.07, 6.45) is 1.72. The second-order valence-electron chi connectivity index (χ2n) is 4.48. The molecule has 4 heteroatoms. The number of carbonyl (C=O) groups excluding carboxylic acids is 1. The summed E-state index contributed by atoms with van der Waals surface area (Å²) in [5, 5.41) is 0.904. The highest BCUT2D eigenvalue weighted by molar-refractivity contribution is 5.95. The molecule has 0 amide bonds. The number of methoxy groups -OCH3 is 1. The number of ether oxygens (including phenoxy) is 2. The second kappa shape index (κ2) is 5.63. The predicted molar refractivity (Wildman–Crippen MR) is 79.7 cm³/mol. The maximum absolute atomic E-state index is 12.1. The average Bonchev–Trinajstić information content (AvgIpc) is 2.55. The number of hydrogen-bond acceptors (Lipinski definition) is 4. The summed E-state index contributed by atoms with van der Waals surface area (Å²) in [6, 6.07) is 15.9. The highest BCUT2D eigenvalue weighted by Gasteiger charge is 2.09. The number of aromatic nitrogens is 1. The van der Waals surface area contributed by atoms with Crippen molar-refractivity contribution < 1.29 is 14.3 Å². The SMILES string of the molecule is COc1ccc(OC(=O)c2ccc3ncccc3c2)cc1. The molecule has 0 fully saturated rings. The molecule has 2 aromatic carbocycles. The van der Waals surface area contributed by atoms with Gasteiger partial charge in [-0.25, -0.2) is 4.79 Å². The van der Waals surface area contributed by atoms with Crippen LogP contribution in [0.4, 0.5) is 0 Å². The number of fused-ring (bicyclic) bond motifs is 1. The van der Waals surface area contributed by atoms with E-state index in [0.717, 1.165) is 10.9 Å². The lowest BCUT2D eigenvalue weighted by molar-refractivity contribution is 0.0735. The molecule has 104 valence electrons. The second-order valence-corrected chi connectivity index (χ2v) is 4.48. The minimum absolute atomic E-state index is 0.397. The molecule has 21 heavy (non-hydrogen) atoms. The van der Waals surface area contributed by atoms with Gasteiger partial charge in [-0.15, -0.1) is 0 Å². The Balaban J connectivity index is 1.82. The minimum atomic E-state index is -0.397.